The molecule has 3 aromatic rings. The minimum Gasteiger partial charge on any atom is -0.507 e. The van der Waals surface area contributed by atoms with Gasteiger partial charge in [-0.15, -0.1) is 0 Å². The summed E-state index contributed by atoms with van der Waals surface area (Å²) in [5.41, 5.74) is 0.722. The van der Waals surface area contributed by atoms with Gasteiger partial charge < -0.3 is 23.7 Å². The first-order valence-electron chi connectivity index (χ1n) is 11.1. The van der Waals surface area contributed by atoms with Crippen LogP contribution in [0.4, 0.5) is 5.69 Å². The first kappa shape index (κ1) is 21.6. The maximum atomic E-state index is 13.2. The molecular formula is C26H23NO7. The SMILES string of the molecule is CCCOc1cccc(/C(O)=C2/C(=O)C(=O)N(c3ccc4c(c3)OCCO4)C2c2ccco2)c1. The van der Waals surface area contributed by atoms with Crippen LogP contribution < -0.4 is 19.1 Å². The van der Waals surface area contributed by atoms with Crippen LogP contribution in [-0.2, 0) is 9.59 Å². The Labute approximate surface area is 196 Å². The molecule has 0 aliphatic carbocycles. The fourth-order valence-electron chi connectivity index (χ4n) is 4.11. The molecule has 34 heavy (non-hydrogen) atoms. The molecule has 1 amide bonds. The van der Waals surface area contributed by atoms with Crippen LogP contribution in [0.3, 0.4) is 0 Å². The van der Waals surface area contributed by atoms with Gasteiger partial charge in [0.25, 0.3) is 11.7 Å². The molecule has 1 fully saturated rings. The maximum absolute atomic E-state index is 13.2. The molecule has 1 N–H and O–H groups in total. The van der Waals surface area contributed by atoms with Crippen LogP contribution in [0.2, 0.25) is 0 Å². The van der Waals surface area contributed by atoms with E-state index in [4.69, 9.17) is 18.6 Å². The van der Waals surface area contributed by atoms with Crippen LogP contribution >= 0.6 is 0 Å². The molecule has 0 saturated carbocycles. The Bertz CT molecular complexity index is 1260. The zero-order chi connectivity index (χ0) is 23.7. The molecule has 2 aromatic carbocycles. The summed E-state index contributed by atoms with van der Waals surface area (Å²) in [7, 11) is 0. The summed E-state index contributed by atoms with van der Waals surface area (Å²) in [6.07, 6.45) is 2.29. The predicted octanol–water partition coefficient (Wildman–Crippen LogP) is 4.47. The van der Waals surface area contributed by atoms with Crippen molar-refractivity contribution >= 4 is 23.1 Å². The van der Waals surface area contributed by atoms with Gasteiger partial charge in [-0.1, -0.05) is 19.1 Å². The molecule has 1 saturated heterocycles. The van der Waals surface area contributed by atoms with Gasteiger partial charge in [0.15, 0.2) is 11.5 Å². The van der Waals surface area contributed by atoms with Gasteiger partial charge in [-0.25, -0.2) is 0 Å². The number of ketones is 1. The van der Waals surface area contributed by atoms with Gasteiger partial charge in [0, 0.05) is 17.3 Å². The molecule has 1 unspecified atom stereocenters. The van der Waals surface area contributed by atoms with Crippen LogP contribution in [0.25, 0.3) is 5.76 Å². The summed E-state index contributed by atoms with van der Waals surface area (Å²) in [6.45, 7) is 3.33. The molecule has 0 radical (unpaired) electrons. The fraction of sp³-hybridized carbons (Fsp3) is 0.231. The van der Waals surface area contributed by atoms with E-state index in [1.54, 1.807) is 54.6 Å². The number of anilines is 1. The third-order valence-electron chi connectivity index (χ3n) is 5.64. The van der Waals surface area contributed by atoms with Crippen LogP contribution in [0.5, 0.6) is 17.2 Å². The molecule has 0 bridgehead atoms. The lowest BCUT2D eigenvalue weighted by Gasteiger charge is -2.25. The fourth-order valence-corrected chi connectivity index (χ4v) is 4.11. The lowest BCUT2D eigenvalue weighted by Crippen LogP contribution is -2.29. The number of benzene rings is 2. The Morgan fingerprint density at radius 3 is 2.65 bits per heavy atom. The summed E-state index contributed by atoms with van der Waals surface area (Å²) in [5.74, 6) is 0.0404. The number of ether oxygens (including phenoxy) is 3. The third-order valence-corrected chi connectivity index (χ3v) is 5.64. The van der Waals surface area contributed by atoms with Crippen molar-refractivity contribution in [1.82, 2.24) is 0 Å². The van der Waals surface area contributed by atoms with E-state index in [-0.39, 0.29) is 11.3 Å². The van der Waals surface area contributed by atoms with Gasteiger partial charge in [0.2, 0.25) is 0 Å². The van der Waals surface area contributed by atoms with Crippen molar-refractivity contribution in [2.75, 3.05) is 24.7 Å². The number of hydrogen-bond donors (Lipinski definition) is 1. The molecule has 2 aliphatic heterocycles. The average Bonchev–Trinajstić information content (AvgIpc) is 3.49. The van der Waals surface area contributed by atoms with Crippen LogP contribution in [-0.4, -0.2) is 36.6 Å². The topological polar surface area (TPSA) is 98.4 Å². The average molecular weight is 461 g/mol. The van der Waals surface area contributed by atoms with Crippen molar-refractivity contribution < 1.29 is 33.3 Å². The highest BCUT2D eigenvalue weighted by Gasteiger charge is 2.48. The lowest BCUT2D eigenvalue weighted by molar-refractivity contribution is -0.132. The molecule has 0 spiro atoms. The van der Waals surface area contributed by atoms with E-state index >= 15 is 0 Å². The highest BCUT2D eigenvalue weighted by Crippen LogP contribution is 2.44. The van der Waals surface area contributed by atoms with Gasteiger partial charge in [-0.05, 0) is 42.8 Å². The van der Waals surface area contributed by atoms with Gasteiger partial charge in [0.05, 0.1) is 18.4 Å². The minimum absolute atomic E-state index is 0.0671. The molecule has 2 aliphatic rings. The highest BCUT2D eigenvalue weighted by atomic mass is 16.6. The summed E-state index contributed by atoms with van der Waals surface area (Å²) in [5, 5.41) is 11.2. The molecule has 1 atom stereocenters. The van der Waals surface area contributed by atoms with E-state index < -0.39 is 17.7 Å². The Morgan fingerprint density at radius 2 is 1.88 bits per heavy atom. The number of fused-ring (bicyclic) bond motifs is 1. The zero-order valence-corrected chi connectivity index (χ0v) is 18.5. The number of carbonyl (C=O) groups excluding carboxylic acids is 2. The van der Waals surface area contributed by atoms with Gasteiger partial charge in [-0.2, -0.15) is 0 Å². The smallest absolute Gasteiger partial charge is 0.300 e. The van der Waals surface area contributed by atoms with Crippen LogP contribution in [0.1, 0.15) is 30.7 Å². The zero-order valence-electron chi connectivity index (χ0n) is 18.5. The summed E-state index contributed by atoms with van der Waals surface area (Å²) < 4.78 is 22.5. The molecule has 1 aromatic heterocycles. The molecule has 8 nitrogen and oxygen atoms in total. The third kappa shape index (κ3) is 3.77. The molecule has 3 heterocycles. The Morgan fingerprint density at radius 1 is 1.06 bits per heavy atom. The second-order valence-electron chi connectivity index (χ2n) is 7.89. The number of rotatable bonds is 6. The van der Waals surface area contributed by atoms with Crippen LogP contribution in [0.15, 0.2) is 70.9 Å². The second kappa shape index (κ2) is 8.97. The van der Waals surface area contributed by atoms with Crippen molar-refractivity contribution in [3.63, 3.8) is 0 Å². The first-order valence-corrected chi connectivity index (χ1v) is 11.1. The van der Waals surface area contributed by atoms with Crippen LogP contribution in [0, 0.1) is 0 Å². The maximum Gasteiger partial charge on any atom is 0.300 e. The van der Waals surface area contributed by atoms with E-state index in [9.17, 15) is 14.7 Å². The predicted molar refractivity (Wildman–Crippen MR) is 123 cm³/mol. The van der Waals surface area contributed by atoms with Gasteiger partial charge in [-0.3, -0.25) is 14.5 Å². The number of furan rings is 1. The summed E-state index contributed by atoms with van der Waals surface area (Å²) in [6, 6.07) is 14.2. The number of carbonyl (C=O) groups is 2. The van der Waals surface area contributed by atoms with E-state index in [1.807, 2.05) is 6.92 Å². The number of nitrogens with zero attached hydrogens (tertiary/aromatic N) is 1. The van der Waals surface area contributed by atoms with Crippen molar-refractivity contribution in [1.29, 1.82) is 0 Å². The van der Waals surface area contributed by atoms with Crippen molar-refractivity contribution in [3.05, 3.63) is 77.8 Å². The van der Waals surface area contributed by atoms with E-state index in [0.29, 0.717) is 54.1 Å². The number of Topliss-reactive ketones (excluding diaryl/α,β-unsaturated/α-hetero) is 1. The lowest BCUT2D eigenvalue weighted by atomic mass is 9.99. The van der Waals surface area contributed by atoms with Gasteiger partial charge in [0.1, 0.15) is 36.5 Å². The van der Waals surface area contributed by atoms with E-state index in [1.165, 1.54) is 11.2 Å². The van der Waals surface area contributed by atoms with Crippen molar-refractivity contribution in [3.8, 4) is 17.2 Å². The van der Waals surface area contributed by atoms with Gasteiger partial charge >= 0.3 is 0 Å². The standard InChI is InChI=1S/C26H23NO7/c1-2-10-31-18-6-3-5-16(14-18)24(28)22-23(20-7-4-11-32-20)27(26(30)25(22)29)17-8-9-19-21(15-17)34-13-12-33-19/h3-9,11,14-15,23,28H,2,10,12-13H2,1H3/b24-22-. The Hall–Kier alpha value is -4.20. The number of aliphatic hydroxyl groups excluding tert-OH is 1. The van der Waals surface area contributed by atoms with Crippen molar-refractivity contribution in [2.24, 2.45) is 0 Å². The Balaban J connectivity index is 1.62. The normalized spacial score (nSPS) is 18.9. The summed E-state index contributed by atoms with van der Waals surface area (Å²) in [4.78, 5) is 27.8. The second-order valence-corrected chi connectivity index (χ2v) is 7.89. The monoisotopic (exact) mass is 461 g/mol. The first-order chi connectivity index (χ1) is 16.6. The quantitative estimate of drug-likeness (QED) is 0.329. The summed E-state index contributed by atoms with van der Waals surface area (Å²) >= 11 is 0. The van der Waals surface area contributed by atoms with E-state index in [0.717, 1.165) is 6.42 Å². The largest absolute Gasteiger partial charge is 0.507 e. The Kier molecular flexibility index (Phi) is 5.71. The molecule has 5 rings (SSSR count). The molecular weight excluding hydrogens is 438 g/mol. The van der Waals surface area contributed by atoms with Crippen molar-refractivity contribution in [2.45, 2.75) is 19.4 Å². The minimum atomic E-state index is -0.960. The molecule has 174 valence electrons. The molecule has 8 heteroatoms. The number of aliphatic hydroxyl groups is 1. The van der Waals surface area contributed by atoms with E-state index in [2.05, 4.69) is 0 Å². The number of amides is 1. The highest BCUT2D eigenvalue weighted by molar-refractivity contribution is 6.51. The number of hydrogen-bond acceptors (Lipinski definition) is 7.